The molecule has 0 saturated carbocycles. The molecule has 34 heavy (non-hydrogen) atoms. The lowest BCUT2D eigenvalue weighted by molar-refractivity contribution is -0.384. The Kier molecular flexibility index (Phi) is 6.35. The molecule has 0 saturated heterocycles. The molecule has 2 heterocycles. The Labute approximate surface area is 193 Å². The Morgan fingerprint density at radius 1 is 0.971 bits per heavy atom. The molecule has 11 nitrogen and oxygen atoms in total. The van der Waals surface area contributed by atoms with Gasteiger partial charge in [-0.25, -0.2) is 0 Å². The number of ether oxygens (including phenoxy) is 1. The second-order valence-corrected chi connectivity index (χ2v) is 7.17. The van der Waals surface area contributed by atoms with Gasteiger partial charge in [-0.2, -0.15) is 5.10 Å². The van der Waals surface area contributed by atoms with Crippen LogP contribution in [0.1, 0.15) is 26.8 Å². The summed E-state index contributed by atoms with van der Waals surface area (Å²) in [4.78, 5) is 34.8. The van der Waals surface area contributed by atoms with Crippen LogP contribution in [-0.2, 0) is 13.7 Å². The summed E-state index contributed by atoms with van der Waals surface area (Å²) in [7, 11) is 1.72. The number of amides is 2. The average Bonchev–Trinajstić information content (AvgIpc) is 3.48. The number of rotatable bonds is 8. The van der Waals surface area contributed by atoms with E-state index in [9.17, 15) is 19.7 Å². The minimum Gasteiger partial charge on any atom is -0.486 e. The van der Waals surface area contributed by atoms with Crippen LogP contribution in [0.5, 0.6) is 5.75 Å². The predicted molar refractivity (Wildman–Crippen MR) is 122 cm³/mol. The molecule has 11 heteroatoms. The zero-order valence-corrected chi connectivity index (χ0v) is 17.9. The highest BCUT2D eigenvalue weighted by molar-refractivity contribution is 6.04. The molecule has 0 bridgehead atoms. The van der Waals surface area contributed by atoms with E-state index in [1.54, 1.807) is 49.6 Å². The van der Waals surface area contributed by atoms with Gasteiger partial charge in [-0.05, 0) is 54.6 Å². The Hall–Kier alpha value is -4.93. The number of hydrogen-bond acceptors (Lipinski definition) is 7. The largest absolute Gasteiger partial charge is 0.486 e. The Bertz CT molecular complexity index is 1320. The number of nitro benzene ring substituents is 1. The van der Waals surface area contributed by atoms with E-state index in [0.29, 0.717) is 28.6 Å². The fourth-order valence-electron chi connectivity index (χ4n) is 2.96. The molecule has 0 radical (unpaired) electrons. The minimum atomic E-state index is -0.493. The number of hydrogen-bond donors (Lipinski definition) is 2. The SMILES string of the molecule is Cn1ccc(C(=O)Nc2ccc(NC(=O)c3ccc(COc4ccc([N+](=O)[O-])cc4)o3)cc2)n1. The Morgan fingerprint density at radius 3 is 2.21 bits per heavy atom. The molecule has 172 valence electrons. The Balaban J connectivity index is 1.29. The molecule has 0 unspecified atom stereocenters. The van der Waals surface area contributed by atoms with Gasteiger partial charge in [0, 0.05) is 36.8 Å². The number of benzene rings is 2. The molecular formula is C23H19N5O6. The average molecular weight is 461 g/mol. The van der Waals surface area contributed by atoms with E-state index >= 15 is 0 Å². The summed E-state index contributed by atoms with van der Waals surface area (Å²) in [5.74, 6) is 0.150. The highest BCUT2D eigenvalue weighted by Crippen LogP contribution is 2.20. The molecule has 4 rings (SSSR count). The number of furan rings is 1. The fraction of sp³-hybridized carbons (Fsp3) is 0.0870. The lowest BCUT2D eigenvalue weighted by Crippen LogP contribution is -2.13. The van der Waals surface area contributed by atoms with Crippen molar-refractivity contribution in [3.05, 3.63) is 100 Å². The number of carbonyl (C=O) groups excluding carboxylic acids is 2. The molecule has 2 N–H and O–H groups in total. The fourth-order valence-corrected chi connectivity index (χ4v) is 2.96. The van der Waals surface area contributed by atoms with Crippen LogP contribution >= 0.6 is 0 Å². The first-order valence-corrected chi connectivity index (χ1v) is 10.1. The van der Waals surface area contributed by atoms with E-state index in [2.05, 4.69) is 15.7 Å². The van der Waals surface area contributed by atoms with Crippen LogP contribution in [0.25, 0.3) is 0 Å². The van der Waals surface area contributed by atoms with Gasteiger partial charge in [0.25, 0.3) is 17.5 Å². The number of nitrogens with zero attached hydrogens (tertiary/aromatic N) is 3. The van der Waals surface area contributed by atoms with E-state index < -0.39 is 10.8 Å². The zero-order valence-electron chi connectivity index (χ0n) is 17.9. The number of non-ortho nitro benzene ring substituents is 1. The van der Waals surface area contributed by atoms with Crippen molar-refractivity contribution >= 4 is 28.9 Å². The standard InChI is InChI=1S/C23H19N5O6/c1-27-13-12-20(26-27)22(29)24-15-2-4-16(5-3-15)25-23(30)21-11-10-19(34-21)14-33-18-8-6-17(7-9-18)28(31)32/h2-13H,14H2,1H3,(H,24,29)(H,25,30). The summed E-state index contributed by atoms with van der Waals surface area (Å²) in [6, 6.07) is 17.0. The molecular weight excluding hydrogens is 442 g/mol. The first-order chi connectivity index (χ1) is 16.4. The van der Waals surface area contributed by atoms with Crippen molar-refractivity contribution in [1.29, 1.82) is 0 Å². The summed E-state index contributed by atoms with van der Waals surface area (Å²) >= 11 is 0. The molecule has 2 aromatic carbocycles. The molecule has 0 fully saturated rings. The van der Waals surface area contributed by atoms with Crippen LogP contribution in [0.4, 0.5) is 17.1 Å². The molecule has 2 aromatic heterocycles. The van der Waals surface area contributed by atoms with Crippen molar-refractivity contribution in [2.24, 2.45) is 7.05 Å². The number of aryl methyl sites for hydroxylation is 1. The van der Waals surface area contributed by atoms with Crippen LogP contribution in [0, 0.1) is 10.1 Å². The van der Waals surface area contributed by atoms with Crippen molar-refractivity contribution in [1.82, 2.24) is 9.78 Å². The third-order valence-corrected chi connectivity index (χ3v) is 4.66. The maximum atomic E-state index is 12.5. The number of nitrogens with one attached hydrogen (secondary N) is 2. The van der Waals surface area contributed by atoms with Crippen molar-refractivity contribution in [3.8, 4) is 5.75 Å². The van der Waals surface area contributed by atoms with E-state index in [-0.39, 0.29) is 24.0 Å². The van der Waals surface area contributed by atoms with Gasteiger partial charge < -0.3 is 19.8 Å². The van der Waals surface area contributed by atoms with Gasteiger partial charge >= 0.3 is 0 Å². The van der Waals surface area contributed by atoms with Gasteiger partial charge in [-0.1, -0.05) is 0 Å². The summed E-state index contributed by atoms with van der Waals surface area (Å²) in [5, 5.41) is 20.2. The van der Waals surface area contributed by atoms with Crippen molar-refractivity contribution in [2.75, 3.05) is 10.6 Å². The smallest absolute Gasteiger partial charge is 0.291 e. The lowest BCUT2D eigenvalue weighted by Gasteiger charge is -2.06. The first kappa shape index (κ1) is 22.3. The highest BCUT2D eigenvalue weighted by atomic mass is 16.6. The van der Waals surface area contributed by atoms with Gasteiger partial charge in [0.15, 0.2) is 11.5 Å². The van der Waals surface area contributed by atoms with Crippen LogP contribution in [0.3, 0.4) is 0 Å². The minimum absolute atomic E-state index is 0.0343. The summed E-state index contributed by atoms with van der Waals surface area (Å²) < 4.78 is 12.6. The van der Waals surface area contributed by atoms with Crippen LogP contribution in [0.15, 0.2) is 77.3 Å². The maximum absolute atomic E-state index is 12.5. The van der Waals surface area contributed by atoms with E-state index in [1.807, 2.05) is 0 Å². The number of anilines is 2. The summed E-state index contributed by atoms with van der Waals surface area (Å²) in [6.45, 7) is 0.0513. The lowest BCUT2D eigenvalue weighted by atomic mass is 10.2. The van der Waals surface area contributed by atoms with E-state index in [0.717, 1.165) is 0 Å². The zero-order chi connectivity index (χ0) is 24.1. The molecule has 0 aliphatic heterocycles. The predicted octanol–water partition coefficient (Wildman–Crippen LogP) is 4.00. The number of aromatic nitrogens is 2. The molecule has 2 amide bonds. The van der Waals surface area contributed by atoms with Gasteiger partial charge in [0.05, 0.1) is 4.92 Å². The molecule has 0 aliphatic carbocycles. The number of carbonyl (C=O) groups is 2. The van der Waals surface area contributed by atoms with Crippen molar-refractivity contribution in [2.45, 2.75) is 6.61 Å². The van der Waals surface area contributed by atoms with Crippen LogP contribution < -0.4 is 15.4 Å². The first-order valence-electron chi connectivity index (χ1n) is 10.1. The quantitative estimate of drug-likeness (QED) is 0.298. The van der Waals surface area contributed by atoms with Crippen molar-refractivity contribution < 1.29 is 23.7 Å². The molecule has 0 atom stereocenters. The normalized spacial score (nSPS) is 10.5. The summed E-state index contributed by atoms with van der Waals surface area (Å²) in [6.07, 6.45) is 1.68. The molecule has 0 aliphatic rings. The van der Waals surface area contributed by atoms with E-state index in [1.165, 1.54) is 35.0 Å². The van der Waals surface area contributed by atoms with Gasteiger partial charge in [0.2, 0.25) is 0 Å². The van der Waals surface area contributed by atoms with Crippen LogP contribution in [-0.4, -0.2) is 26.5 Å². The molecule has 0 spiro atoms. The third kappa shape index (κ3) is 5.46. The highest BCUT2D eigenvalue weighted by Gasteiger charge is 2.13. The second kappa shape index (κ2) is 9.69. The van der Waals surface area contributed by atoms with E-state index in [4.69, 9.17) is 9.15 Å². The van der Waals surface area contributed by atoms with Gasteiger partial charge in [-0.15, -0.1) is 0 Å². The van der Waals surface area contributed by atoms with Crippen LogP contribution in [0.2, 0.25) is 0 Å². The maximum Gasteiger partial charge on any atom is 0.291 e. The van der Waals surface area contributed by atoms with Crippen molar-refractivity contribution in [3.63, 3.8) is 0 Å². The second-order valence-electron chi connectivity index (χ2n) is 7.17. The monoisotopic (exact) mass is 461 g/mol. The third-order valence-electron chi connectivity index (χ3n) is 4.66. The topological polar surface area (TPSA) is 142 Å². The summed E-state index contributed by atoms with van der Waals surface area (Å²) in [5.41, 5.74) is 1.33. The van der Waals surface area contributed by atoms with Gasteiger partial charge in [0.1, 0.15) is 18.1 Å². The Morgan fingerprint density at radius 2 is 1.62 bits per heavy atom. The molecule has 4 aromatic rings. The van der Waals surface area contributed by atoms with Gasteiger partial charge in [-0.3, -0.25) is 24.4 Å². The number of nitro groups is 1.